The molecule has 0 radical (unpaired) electrons. The molecule has 1 saturated carbocycles. The topological polar surface area (TPSA) is 18.5 Å². The minimum atomic E-state index is 0.121. The first-order valence-electron chi connectivity index (χ1n) is 5.52. The lowest BCUT2D eigenvalue weighted by atomic mass is 9.91. The minimum absolute atomic E-state index is 0.121. The van der Waals surface area contributed by atoms with Crippen LogP contribution in [0.3, 0.4) is 0 Å². The van der Waals surface area contributed by atoms with E-state index in [-0.39, 0.29) is 17.6 Å². The van der Waals surface area contributed by atoms with E-state index in [1.165, 1.54) is 0 Å². The smallest absolute Gasteiger partial charge is 0.100 e. The van der Waals surface area contributed by atoms with Gasteiger partial charge in [-0.15, -0.1) is 11.6 Å². The van der Waals surface area contributed by atoms with E-state index in [4.69, 9.17) is 21.1 Å². The molecule has 0 aliphatic heterocycles. The van der Waals surface area contributed by atoms with Crippen LogP contribution in [0, 0.1) is 5.92 Å². The van der Waals surface area contributed by atoms with Gasteiger partial charge in [0.15, 0.2) is 0 Å². The van der Waals surface area contributed by atoms with Crippen molar-refractivity contribution in [1.82, 2.24) is 0 Å². The maximum Gasteiger partial charge on any atom is 0.100 e. The number of hydrogen-bond acceptors (Lipinski definition) is 2. The highest BCUT2D eigenvalue weighted by atomic mass is 35.5. The lowest BCUT2D eigenvalue weighted by molar-refractivity contribution is -0.128. The molecule has 0 aromatic heterocycles. The third-order valence-corrected chi connectivity index (χ3v) is 2.76. The second kappa shape index (κ2) is 5.94. The molecule has 0 spiro atoms. The zero-order valence-electron chi connectivity index (χ0n) is 9.33. The van der Waals surface area contributed by atoms with Gasteiger partial charge in [-0.3, -0.25) is 0 Å². The van der Waals surface area contributed by atoms with Gasteiger partial charge < -0.3 is 9.47 Å². The highest BCUT2D eigenvalue weighted by Crippen LogP contribution is 2.32. The third-order valence-electron chi connectivity index (χ3n) is 2.34. The van der Waals surface area contributed by atoms with Crippen LogP contribution in [-0.2, 0) is 9.47 Å². The van der Waals surface area contributed by atoms with Crippen LogP contribution in [0.1, 0.15) is 33.6 Å². The maximum absolute atomic E-state index is 6.06. The van der Waals surface area contributed by atoms with Crippen LogP contribution in [0.4, 0.5) is 0 Å². The van der Waals surface area contributed by atoms with Crippen molar-refractivity contribution in [2.75, 3.05) is 13.2 Å². The van der Waals surface area contributed by atoms with Crippen molar-refractivity contribution in [2.24, 2.45) is 5.92 Å². The molecule has 0 aromatic rings. The fraction of sp³-hybridized carbons (Fsp3) is 1.00. The van der Waals surface area contributed by atoms with E-state index >= 15 is 0 Å². The average molecular weight is 221 g/mol. The summed E-state index contributed by atoms with van der Waals surface area (Å²) in [6.07, 6.45) is 2.32. The van der Waals surface area contributed by atoms with E-state index in [0.29, 0.717) is 5.92 Å². The van der Waals surface area contributed by atoms with Crippen molar-refractivity contribution >= 4 is 11.6 Å². The van der Waals surface area contributed by atoms with E-state index < -0.39 is 0 Å². The van der Waals surface area contributed by atoms with E-state index in [0.717, 1.165) is 26.1 Å². The number of alkyl halides is 1. The van der Waals surface area contributed by atoms with Crippen LogP contribution < -0.4 is 0 Å². The van der Waals surface area contributed by atoms with Crippen LogP contribution in [-0.4, -0.2) is 30.8 Å². The summed E-state index contributed by atoms with van der Waals surface area (Å²) >= 11 is 6.06. The van der Waals surface area contributed by atoms with Crippen molar-refractivity contribution < 1.29 is 9.47 Å². The van der Waals surface area contributed by atoms with Crippen LogP contribution >= 0.6 is 11.6 Å². The molecule has 0 saturated heterocycles. The molecule has 0 heterocycles. The summed E-state index contributed by atoms with van der Waals surface area (Å²) in [4.78, 5) is 0. The standard InChI is InChI=1S/C11H21ClO2/c1-4-5-13-11-9(12)6-10(11)14-7-8(2)3/h8-11H,4-7H2,1-3H3. The number of hydrogen-bond donors (Lipinski definition) is 0. The Balaban J connectivity index is 2.19. The van der Waals surface area contributed by atoms with E-state index in [2.05, 4.69) is 20.8 Å². The van der Waals surface area contributed by atoms with E-state index in [1.807, 2.05) is 0 Å². The second-order valence-electron chi connectivity index (χ2n) is 4.35. The Kier molecular flexibility index (Phi) is 5.21. The zero-order valence-corrected chi connectivity index (χ0v) is 10.1. The molecule has 14 heavy (non-hydrogen) atoms. The van der Waals surface area contributed by atoms with E-state index in [1.54, 1.807) is 0 Å². The Labute approximate surface area is 91.9 Å². The van der Waals surface area contributed by atoms with Crippen molar-refractivity contribution in [3.63, 3.8) is 0 Å². The summed E-state index contributed by atoms with van der Waals surface area (Å²) in [7, 11) is 0. The van der Waals surface area contributed by atoms with Crippen molar-refractivity contribution in [2.45, 2.75) is 51.2 Å². The second-order valence-corrected chi connectivity index (χ2v) is 4.91. The fourth-order valence-corrected chi connectivity index (χ4v) is 1.88. The van der Waals surface area contributed by atoms with Crippen LogP contribution in [0.25, 0.3) is 0 Å². The average Bonchev–Trinajstić information content (AvgIpc) is 2.12. The lowest BCUT2D eigenvalue weighted by Gasteiger charge is -2.40. The SMILES string of the molecule is CCCOC1C(Cl)CC1OCC(C)C. The molecular weight excluding hydrogens is 200 g/mol. The van der Waals surface area contributed by atoms with Gasteiger partial charge in [-0.2, -0.15) is 0 Å². The summed E-state index contributed by atoms with van der Waals surface area (Å²) in [5, 5.41) is 0.152. The Morgan fingerprint density at radius 3 is 2.57 bits per heavy atom. The van der Waals surface area contributed by atoms with Crippen molar-refractivity contribution in [3.8, 4) is 0 Å². The van der Waals surface area contributed by atoms with Crippen molar-refractivity contribution in [1.29, 1.82) is 0 Å². The molecule has 1 fully saturated rings. The van der Waals surface area contributed by atoms with Gasteiger partial charge >= 0.3 is 0 Å². The lowest BCUT2D eigenvalue weighted by Crippen LogP contribution is -2.51. The Bertz CT molecular complexity index is 161. The Morgan fingerprint density at radius 2 is 2.07 bits per heavy atom. The molecule has 3 unspecified atom stereocenters. The van der Waals surface area contributed by atoms with Gasteiger partial charge in [-0.25, -0.2) is 0 Å². The molecule has 0 aromatic carbocycles. The fourth-order valence-electron chi connectivity index (χ4n) is 1.47. The summed E-state index contributed by atoms with van der Waals surface area (Å²) < 4.78 is 11.3. The third kappa shape index (κ3) is 3.41. The number of halogens is 1. The molecule has 3 atom stereocenters. The molecule has 0 amide bonds. The zero-order chi connectivity index (χ0) is 10.6. The first kappa shape index (κ1) is 12.3. The van der Waals surface area contributed by atoms with Gasteiger partial charge in [0.05, 0.1) is 11.5 Å². The quantitative estimate of drug-likeness (QED) is 0.641. The van der Waals surface area contributed by atoms with Crippen LogP contribution in [0.5, 0.6) is 0 Å². The van der Waals surface area contributed by atoms with Gasteiger partial charge in [0.25, 0.3) is 0 Å². The molecule has 0 N–H and O–H groups in total. The van der Waals surface area contributed by atoms with Crippen LogP contribution in [0.15, 0.2) is 0 Å². The largest absolute Gasteiger partial charge is 0.375 e. The first-order chi connectivity index (χ1) is 6.65. The molecule has 2 nitrogen and oxygen atoms in total. The van der Waals surface area contributed by atoms with Crippen molar-refractivity contribution in [3.05, 3.63) is 0 Å². The summed E-state index contributed by atoms with van der Waals surface area (Å²) in [6.45, 7) is 8.00. The first-order valence-corrected chi connectivity index (χ1v) is 5.96. The molecule has 1 rings (SSSR count). The van der Waals surface area contributed by atoms with Gasteiger partial charge in [-0.05, 0) is 18.8 Å². The number of rotatable bonds is 6. The minimum Gasteiger partial charge on any atom is -0.375 e. The highest BCUT2D eigenvalue weighted by Gasteiger charge is 2.41. The van der Waals surface area contributed by atoms with E-state index in [9.17, 15) is 0 Å². The molecule has 1 aliphatic rings. The molecule has 84 valence electrons. The van der Waals surface area contributed by atoms with Gasteiger partial charge in [0.2, 0.25) is 0 Å². The summed E-state index contributed by atoms with van der Waals surface area (Å²) in [5.41, 5.74) is 0. The molecule has 0 bridgehead atoms. The van der Waals surface area contributed by atoms with Gasteiger partial charge in [0.1, 0.15) is 6.10 Å². The molecular formula is C11H21ClO2. The molecule has 1 aliphatic carbocycles. The predicted molar refractivity (Wildman–Crippen MR) is 58.9 cm³/mol. The summed E-state index contributed by atoms with van der Waals surface area (Å²) in [6, 6.07) is 0. The Morgan fingerprint density at radius 1 is 1.36 bits per heavy atom. The molecule has 3 heteroatoms. The number of ether oxygens (including phenoxy) is 2. The normalized spacial score (nSPS) is 31.9. The monoisotopic (exact) mass is 220 g/mol. The van der Waals surface area contributed by atoms with Gasteiger partial charge in [-0.1, -0.05) is 20.8 Å². The van der Waals surface area contributed by atoms with Crippen LogP contribution in [0.2, 0.25) is 0 Å². The maximum atomic E-state index is 6.06. The predicted octanol–water partition coefficient (Wildman–Crippen LogP) is 2.83. The van der Waals surface area contributed by atoms with Gasteiger partial charge in [0, 0.05) is 13.2 Å². The highest BCUT2D eigenvalue weighted by molar-refractivity contribution is 6.21. The summed E-state index contributed by atoms with van der Waals surface area (Å²) in [5.74, 6) is 0.580. The Hall–Kier alpha value is 0.210.